The molecule has 0 saturated carbocycles. The fourth-order valence-electron chi connectivity index (χ4n) is 2.59. The van der Waals surface area contributed by atoms with Crippen LogP contribution in [0.25, 0.3) is 0 Å². The summed E-state index contributed by atoms with van der Waals surface area (Å²) in [4.78, 5) is 14.3. The molecule has 2 N–H and O–H groups in total. The summed E-state index contributed by atoms with van der Waals surface area (Å²) in [6.07, 6.45) is 3.01. The van der Waals surface area contributed by atoms with Crippen LogP contribution in [0.2, 0.25) is 5.02 Å². The van der Waals surface area contributed by atoms with Crippen molar-refractivity contribution in [1.29, 1.82) is 0 Å². The lowest BCUT2D eigenvalue weighted by molar-refractivity contribution is 0.0634. The number of benzene rings is 1. The van der Waals surface area contributed by atoms with Gasteiger partial charge in [0, 0.05) is 23.2 Å². The van der Waals surface area contributed by atoms with Gasteiger partial charge >= 0.3 is 0 Å². The van der Waals surface area contributed by atoms with Crippen LogP contribution in [0.15, 0.2) is 17.0 Å². The van der Waals surface area contributed by atoms with Gasteiger partial charge in [0.15, 0.2) is 0 Å². The molecule has 0 aliphatic carbocycles. The highest BCUT2D eigenvalue weighted by Crippen LogP contribution is 2.27. The number of hydrogen-bond acceptors (Lipinski definition) is 3. The van der Waals surface area contributed by atoms with E-state index in [2.05, 4.69) is 0 Å². The molecular formula is C14H19ClN2O3S. The first kappa shape index (κ1) is 16.3. The molecule has 1 amide bonds. The van der Waals surface area contributed by atoms with Crippen LogP contribution < -0.4 is 5.14 Å². The van der Waals surface area contributed by atoms with Gasteiger partial charge in [-0.3, -0.25) is 4.79 Å². The molecule has 1 aliphatic rings. The summed E-state index contributed by atoms with van der Waals surface area (Å²) in [5, 5.41) is 5.37. The minimum absolute atomic E-state index is 0.133. The standard InChI is InChI=1S/C14H19ClN2O3S/c1-9-5-3-4-6-17(9)14(18)12-7-11(21(16,19)20)8-13(15)10(12)2/h7-9H,3-6H2,1-2H3,(H2,16,19,20). The smallest absolute Gasteiger partial charge is 0.254 e. The van der Waals surface area contributed by atoms with E-state index in [4.69, 9.17) is 16.7 Å². The molecule has 1 saturated heterocycles. The van der Waals surface area contributed by atoms with Crippen molar-refractivity contribution in [3.8, 4) is 0 Å². The van der Waals surface area contributed by atoms with E-state index in [-0.39, 0.29) is 21.9 Å². The number of carbonyl (C=O) groups is 1. The third kappa shape index (κ3) is 3.39. The van der Waals surface area contributed by atoms with E-state index in [9.17, 15) is 13.2 Å². The van der Waals surface area contributed by atoms with Crippen LogP contribution in [0.4, 0.5) is 0 Å². The third-order valence-corrected chi connectivity index (χ3v) is 5.23. The van der Waals surface area contributed by atoms with Gasteiger partial charge in [-0.05, 0) is 50.8 Å². The molecule has 0 bridgehead atoms. The Morgan fingerprint density at radius 1 is 1.38 bits per heavy atom. The van der Waals surface area contributed by atoms with E-state index in [1.165, 1.54) is 12.1 Å². The van der Waals surface area contributed by atoms with E-state index in [1.54, 1.807) is 11.8 Å². The number of nitrogens with zero attached hydrogens (tertiary/aromatic N) is 1. The average Bonchev–Trinajstić information content (AvgIpc) is 2.40. The molecular weight excluding hydrogens is 312 g/mol. The Morgan fingerprint density at radius 3 is 2.62 bits per heavy atom. The Labute approximate surface area is 130 Å². The molecule has 1 aromatic rings. The van der Waals surface area contributed by atoms with E-state index < -0.39 is 10.0 Å². The fraction of sp³-hybridized carbons (Fsp3) is 0.500. The number of likely N-dealkylation sites (tertiary alicyclic amines) is 1. The summed E-state index contributed by atoms with van der Waals surface area (Å²) >= 11 is 6.05. The van der Waals surface area contributed by atoms with Gasteiger partial charge in [-0.2, -0.15) is 0 Å². The first-order valence-electron chi connectivity index (χ1n) is 6.85. The summed E-state index contributed by atoms with van der Waals surface area (Å²) in [6, 6.07) is 2.74. The van der Waals surface area contributed by atoms with Gasteiger partial charge in [0.2, 0.25) is 10.0 Å². The van der Waals surface area contributed by atoms with Crippen molar-refractivity contribution in [1.82, 2.24) is 4.90 Å². The van der Waals surface area contributed by atoms with Crippen LogP contribution >= 0.6 is 11.6 Å². The predicted molar refractivity (Wildman–Crippen MR) is 81.9 cm³/mol. The number of piperidine rings is 1. The van der Waals surface area contributed by atoms with Gasteiger partial charge in [0.05, 0.1) is 4.90 Å². The van der Waals surface area contributed by atoms with Crippen molar-refractivity contribution < 1.29 is 13.2 Å². The Morgan fingerprint density at radius 2 is 2.05 bits per heavy atom. The third-order valence-electron chi connectivity index (χ3n) is 3.94. The van der Waals surface area contributed by atoms with E-state index in [1.807, 2.05) is 6.92 Å². The number of rotatable bonds is 2. The van der Waals surface area contributed by atoms with E-state index in [0.717, 1.165) is 19.3 Å². The second-order valence-corrected chi connectivity index (χ2v) is 7.43. The summed E-state index contributed by atoms with van der Waals surface area (Å²) < 4.78 is 23.0. The molecule has 0 aromatic heterocycles. The van der Waals surface area contributed by atoms with Gasteiger partial charge in [-0.15, -0.1) is 0 Å². The number of nitrogens with two attached hydrogens (primary N) is 1. The first-order valence-corrected chi connectivity index (χ1v) is 8.78. The molecule has 1 heterocycles. The molecule has 0 radical (unpaired) electrons. The number of amides is 1. The predicted octanol–water partition coefficient (Wildman–Crippen LogP) is 2.31. The summed E-state index contributed by atoms with van der Waals surface area (Å²) in [7, 11) is -3.90. The van der Waals surface area contributed by atoms with Crippen molar-refractivity contribution in [2.75, 3.05) is 6.54 Å². The topological polar surface area (TPSA) is 80.5 Å². The van der Waals surface area contributed by atoms with Crippen molar-refractivity contribution in [2.45, 2.75) is 44.0 Å². The average molecular weight is 331 g/mol. The maximum atomic E-state index is 12.7. The van der Waals surface area contributed by atoms with Crippen LogP contribution in [-0.4, -0.2) is 31.8 Å². The molecule has 7 heteroatoms. The van der Waals surface area contributed by atoms with Crippen LogP contribution in [0.3, 0.4) is 0 Å². The Kier molecular flexibility index (Phi) is 4.60. The zero-order chi connectivity index (χ0) is 15.8. The van der Waals surface area contributed by atoms with Gasteiger partial charge in [0.25, 0.3) is 5.91 Å². The molecule has 1 atom stereocenters. The van der Waals surface area contributed by atoms with Gasteiger partial charge in [-0.25, -0.2) is 13.6 Å². The fourth-order valence-corrected chi connectivity index (χ4v) is 3.44. The molecule has 1 aromatic carbocycles. The highest BCUT2D eigenvalue weighted by molar-refractivity contribution is 7.89. The van der Waals surface area contributed by atoms with Gasteiger partial charge in [0.1, 0.15) is 0 Å². The second kappa shape index (κ2) is 5.94. The lowest BCUT2D eigenvalue weighted by Gasteiger charge is -2.34. The second-order valence-electron chi connectivity index (χ2n) is 5.47. The number of primary sulfonamides is 1. The summed E-state index contributed by atoms with van der Waals surface area (Å²) in [5.74, 6) is -0.188. The highest BCUT2D eigenvalue weighted by Gasteiger charge is 2.27. The Balaban J connectivity index is 2.47. The number of halogens is 1. The minimum atomic E-state index is -3.90. The lowest BCUT2D eigenvalue weighted by atomic mass is 10.0. The zero-order valence-electron chi connectivity index (χ0n) is 12.1. The molecule has 21 heavy (non-hydrogen) atoms. The van der Waals surface area contributed by atoms with Crippen LogP contribution in [0.1, 0.15) is 42.1 Å². The SMILES string of the molecule is Cc1c(Cl)cc(S(N)(=O)=O)cc1C(=O)N1CCCCC1C. The largest absolute Gasteiger partial charge is 0.336 e. The van der Waals surface area contributed by atoms with Crippen molar-refractivity contribution in [3.05, 3.63) is 28.3 Å². The molecule has 0 spiro atoms. The molecule has 1 fully saturated rings. The van der Waals surface area contributed by atoms with Gasteiger partial charge < -0.3 is 4.90 Å². The van der Waals surface area contributed by atoms with Crippen LogP contribution in [0.5, 0.6) is 0 Å². The maximum absolute atomic E-state index is 12.7. The number of sulfonamides is 1. The zero-order valence-corrected chi connectivity index (χ0v) is 13.7. The van der Waals surface area contributed by atoms with Gasteiger partial charge in [-0.1, -0.05) is 11.6 Å². The quantitative estimate of drug-likeness (QED) is 0.903. The normalized spacial score (nSPS) is 19.6. The lowest BCUT2D eigenvalue weighted by Crippen LogP contribution is -2.42. The van der Waals surface area contributed by atoms with E-state index >= 15 is 0 Å². The monoisotopic (exact) mass is 330 g/mol. The molecule has 1 aliphatic heterocycles. The van der Waals surface area contributed by atoms with Crippen LogP contribution in [-0.2, 0) is 10.0 Å². The number of carbonyl (C=O) groups excluding carboxylic acids is 1. The number of hydrogen-bond donors (Lipinski definition) is 1. The summed E-state index contributed by atoms with van der Waals surface area (Å²) in [6.45, 7) is 4.38. The molecule has 1 unspecified atom stereocenters. The molecule has 116 valence electrons. The molecule has 5 nitrogen and oxygen atoms in total. The highest BCUT2D eigenvalue weighted by atomic mass is 35.5. The Hall–Kier alpha value is -1.11. The van der Waals surface area contributed by atoms with Crippen molar-refractivity contribution in [3.63, 3.8) is 0 Å². The van der Waals surface area contributed by atoms with Crippen molar-refractivity contribution >= 4 is 27.5 Å². The summed E-state index contributed by atoms with van der Waals surface area (Å²) in [5.41, 5.74) is 0.882. The molecule has 2 rings (SSSR count). The Bertz CT molecular complexity index is 673. The van der Waals surface area contributed by atoms with E-state index in [0.29, 0.717) is 17.7 Å². The minimum Gasteiger partial charge on any atom is -0.336 e. The van der Waals surface area contributed by atoms with Crippen molar-refractivity contribution in [2.24, 2.45) is 5.14 Å². The maximum Gasteiger partial charge on any atom is 0.254 e. The van der Waals surface area contributed by atoms with Crippen LogP contribution in [0, 0.1) is 6.92 Å². The first-order chi connectivity index (χ1) is 9.71.